The fourth-order valence-corrected chi connectivity index (χ4v) is 2.37. The topological polar surface area (TPSA) is 20.3 Å². The number of rotatable bonds is 4. The second-order valence-electron chi connectivity index (χ2n) is 4.23. The summed E-state index contributed by atoms with van der Waals surface area (Å²) in [6.45, 7) is 5.94. The second-order valence-corrected chi connectivity index (χ2v) is 4.86. The molecule has 1 saturated carbocycles. The number of hydrogen-bond donors (Lipinski definition) is 1. The molecule has 2 atom stereocenters. The summed E-state index contributed by atoms with van der Waals surface area (Å²) in [6, 6.07) is 0.227. The van der Waals surface area contributed by atoms with E-state index in [-0.39, 0.29) is 12.0 Å². The van der Waals surface area contributed by atoms with Crippen molar-refractivity contribution in [2.45, 2.75) is 38.6 Å². The minimum absolute atomic E-state index is 0.227. The number of likely N-dealkylation sites (N-methyl/N-ethyl adjacent to an activating group) is 1. The minimum atomic E-state index is 0.227. The molecule has 0 saturated heterocycles. The van der Waals surface area contributed by atoms with E-state index in [2.05, 4.69) is 19.4 Å². The predicted molar refractivity (Wildman–Crippen MR) is 62.3 cm³/mol. The van der Waals surface area contributed by atoms with Crippen molar-refractivity contribution in [3.05, 3.63) is 12.2 Å². The van der Waals surface area contributed by atoms with E-state index in [9.17, 15) is 4.79 Å². The summed E-state index contributed by atoms with van der Waals surface area (Å²) >= 11 is 4.30. The molecule has 2 unspecified atom stereocenters. The lowest BCUT2D eigenvalue weighted by Gasteiger charge is -2.25. The highest BCUT2D eigenvalue weighted by Crippen LogP contribution is 2.28. The number of thiol groups is 1. The molecule has 1 fully saturated rings. The standard InChI is InChI=1S/C11H19NOS/c1-8(2)10(12(3)14)7-9-5-4-6-11(9)13/h9-10,14H,1,4-7H2,2-3H3. The number of carbonyl (C=O) groups excluding carboxylic acids is 1. The van der Waals surface area contributed by atoms with Crippen LogP contribution in [0.15, 0.2) is 12.2 Å². The normalized spacial score (nSPS) is 24.3. The molecule has 0 bridgehead atoms. The Morgan fingerprint density at radius 3 is 2.79 bits per heavy atom. The Kier molecular flexibility index (Phi) is 4.20. The van der Waals surface area contributed by atoms with E-state index in [1.807, 2.05) is 18.3 Å². The van der Waals surface area contributed by atoms with Crippen molar-refractivity contribution in [1.29, 1.82) is 0 Å². The highest BCUT2D eigenvalue weighted by molar-refractivity contribution is 7.77. The van der Waals surface area contributed by atoms with Crippen molar-refractivity contribution in [3.8, 4) is 0 Å². The molecule has 0 amide bonds. The molecule has 1 aliphatic rings. The van der Waals surface area contributed by atoms with Crippen LogP contribution in [-0.2, 0) is 4.79 Å². The van der Waals surface area contributed by atoms with Crippen LogP contribution in [-0.4, -0.2) is 23.2 Å². The zero-order chi connectivity index (χ0) is 10.7. The van der Waals surface area contributed by atoms with Gasteiger partial charge in [0.05, 0.1) is 0 Å². The Bertz CT molecular complexity index is 237. The van der Waals surface area contributed by atoms with E-state index in [0.29, 0.717) is 5.78 Å². The maximum atomic E-state index is 11.5. The Labute approximate surface area is 91.9 Å². The SMILES string of the molecule is C=C(C)C(CC1CCCC1=O)N(C)S. The minimum Gasteiger partial charge on any atom is -0.299 e. The smallest absolute Gasteiger partial charge is 0.136 e. The molecule has 0 aromatic carbocycles. The Morgan fingerprint density at radius 2 is 2.43 bits per heavy atom. The summed E-state index contributed by atoms with van der Waals surface area (Å²) in [5.41, 5.74) is 1.09. The highest BCUT2D eigenvalue weighted by Gasteiger charge is 2.28. The van der Waals surface area contributed by atoms with Crippen molar-refractivity contribution < 1.29 is 4.79 Å². The average Bonchev–Trinajstić information content (AvgIpc) is 2.46. The van der Waals surface area contributed by atoms with Crippen LogP contribution in [0.2, 0.25) is 0 Å². The van der Waals surface area contributed by atoms with Gasteiger partial charge in [-0.1, -0.05) is 25.0 Å². The van der Waals surface area contributed by atoms with Crippen LogP contribution in [0.5, 0.6) is 0 Å². The molecule has 0 heterocycles. The summed E-state index contributed by atoms with van der Waals surface area (Å²) < 4.78 is 1.86. The predicted octanol–water partition coefficient (Wildman–Crippen LogP) is 2.47. The van der Waals surface area contributed by atoms with Gasteiger partial charge in [0.2, 0.25) is 0 Å². The summed E-state index contributed by atoms with van der Waals surface area (Å²) in [6.07, 6.45) is 3.75. The monoisotopic (exact) mass is 213 g/mol. The molecule has 0 aliphatic heterocycles. The maximum Gasteiger partial charge on any atom is 0.136 e. The van der Waals surface area contributed by atoms with Gasteiger partial charge in [0.25, 0.3) is 0 Å². The second kappa shape index (κ2) is 4.99. The van der Waals surface area contributed by atoms with Gasteiger partial charge in [-0.25, -0.2) is 4.31 Å². The molecule has 1 rings (SSSR count). The zero-order valence-corrected chi connectivity index (χ0v) is 9.89. The summed E-state index contributed by atoms with van der Waals surface area (Å²) in [4.78, 5) is 11.5. The number of Topliss-reactive ketones (excluding diaryl/α,β-unsaturated/α-hetero) is 1. The molecule has 0 radical (unpaired) electrons. The van der Waals surface area contributed by atoms with E-state index >= 15 is 0 Å². The lowest BCUT2D eigenvalue weighted by atomic mass is 9.94. The third-order valence-corrected chi connectivity index (χ3v) is 3.24. The van der Waals surface area contributed by atoms with Gasteiger partial charge in [0.15, 0.2) is 0 Å². The molecule has 0 N–H and O–H groups in total. The van der Waals surface area contributed by atoms with Gasteiger partial charge in [-0.15, -0.1) is 0 Å². The van der Waals surface area contributed by atoms with Crippen molar-refractivity contribution in [2.24, 2.45) is 5.92 Å². The third kappa shape index (κ3) is 2.85. The molecule has 80 valence electrons. The van der Waals surface area contributed by atoms with Crippen LogP contribution in [0.4, 0.5) is 0 Å². The largest absolute Gasteiger partial charge is 0.299 e. The van der Waals surface area contributed by atoms with Crippen LogP contribution in [0, 0.1) is 5.92 Å². The van der Waals surface area contributed by atoms with E-state index < -0.39 is 0 Å². The average molecular weight is 213 g/mol. The van der Waals surface area contributed by atoms with Crippen molar-refractivity contribution >= 4 is 18.6 Å². The van der Waals surface area contributed by atoms with Crippen LogP contribution in [0.25, 0.3) is 0 Å². The van der Waals surface area contributed by atoms with Gasteiger partial charge in [0.1, 0.15) is 5.78 Å². The Balaban J connectivity index is 2.55. The van der Waals surface area contributed by atoms with E-state index in [1.165, 1.54) is 0 Å². The van der Waals surface area contributed by atoms with Gasteiger partial charge in [-0.2, -0.15) is 0 Å². The van der Waals surface area contributed by atoms with E-state index in [1.54, 1.807) is 0 Å². The number of carbonyl (C=O) groups is 1. The third-order valence-electron chi connectivity index (χ3n) is 2.96. The molecule has 0 aromatic heterocycles. The maximum absolute atomic E-state index is 11.5. The van der Waals surface area contributed by atoms with Crippen molar-refractivity contribution in [3.63, 3.8) is 0 Å². The van der Waals surface area contributed by atoms with Gasteiger partial charge >= 0.3 is 0 Å². The van der Waals surface area contributed by atoms with Gasteiger partial charge in [0, 0.05) is 18.4 Å². The quantitative estimate of drug-likeness (QED) is 0.572. The first-order valence-corrected chi connectivity index (χ1v) is 5.52. The lowest BCUT2D eigenvalue weighted by Crippen LogP contribution is -2.28. The van der Waals surface area contributed by atoms with Crippen molar-refractivity contribution in [2.75, 3.05) is 7.05 Å². The molecule has 0 aromatic rings. The number of nitrogens with zero attached hydrogens (tertiary/aromatic N) is 1. The lowest BCUT2D eigenvalue weighted by molar-refractivity contribution is -0.121. The van der Waals surface area contributed by atoms with E-state index in [0.717, 1.165) is 31.3 Å². The molecule has 14 heavy (non-hydrogen) atoms. The summed E-state index contributed by atoms with van der Waals surface area (Å²) in [5.74, 6) is 0.665. The molecule has 2 nitrogen and oxygen atoms in total. The van der Waals surface area contributed by atoms with Crippen LogP contribution >= 0.6 is 12.8 Å². The number of ketones is 1. The van der Waals surface area contributed by atoms with Gasteiger partial charge in [-0.3, -0.25) is 4.79 Å². The van der Waals surface area contributed by atoms with Crippen LogP contribution in [0.3, 0.4) is 0 Å². The summed E-state index contributed by atoms with van der Waals surface area (Å²) in [5, 5.41) is 0. The van der Waals surface area contributed by atoms with Crippen LogP contribution < -0.4 is 0 Å². The molecule has 3 heteroatoms. The van der Waals surface area contributed by atoms with Crippen LogP contribution in [0.1, 0.15) is 32.6 Å². The fourth-order valence-electron chi connectivity index (χ4n) is 2.08. The van der Waals surface area contributed by atoms with E-state index in [4.69, 9.17) is 0 Å². The molecule has 1 aliphatic carbocycles. The summed E-state index contributed by atoms with van der Waals surface area (Å²) in [7, 11) is 1.92. The van der Waals surface area contributed by atoms with Gasteiger partial charge in [-0.05, 0) is 33.2 Å². The molecule has 0 spiro atoms. The van der Waals surface area contributed by atoms with Crippen molar-refractivity contribution in [1.82, 2.24) is 4.31 Å². The molecular formula is C11H19NOS. The number of hydrogen-bond acceptors (Lipinski definition) is 3. The fraction of sp³-hybridized carbons (Fsp3) is 0.727. The molecular weight excluding hydrogens is 194 g/mol. The zero-order valence-electron chi connectivity index (χ0n) is 8.99. The first-order chi connectivity index (χ1) is 6.52. The first kappa shape index (κ1) is 11.8. The Morgan fingerprint density at radius 1 is 1.79 bits per heavy atom. The first-order valence-electron chi connectivity index (χ1n) is 5.12. The highest BCUT2D eigenvalue weighted by atomic mass is 32.1. The van der Waals surface area contributed by atoms with Gasteiger partial charge < -0.3 is 0 Å². The Hall–Kier alpha value is -0.280.